The maximum Gasteiger partial charge on any atom is 0.269 e. The van der Waals surface area contributed by atoms with Gasteiger partial charge in [-0.3, -0.25) is 4.79 Å². The Kier molecular flexibility index (Phi) is 18.6. The molecule has 4 fully saturated rings. The van der Waals surface area contributed by atoms with Crippen LogP contribution in [0.4, 0.5) is 11.4 Å². The Bertz CT molecular complexity index is 4700. The lowest BCUT2D eigenvalue weighted by molar-refractivity contribution is -0.135. The molecule has 0 spiro atoms. The molecule has 94 heavy (non-hydrogen) atoms. The number of rotatable bonds is 15. The van der Waals surface area contributed by atoms with Crippen LogP contribution in [-0.2, 0) is 34.3 Å². The Morgan fingerprint density at radius 3 is 1.33 bits per heavy atom. The van der Waals surface area contributed by atoms with E-state index in [0.717, 1.165) is 85.7 Å². The molecule has 2 N–H and O–H groups in total. The molecule has 8 heterocycles. The summed E-state index contributed by atoms with van der Waals surface area (Å²) in [4.78, 5) is 27.5. The minimum atomic E-state index is -4.06. The van der Waals surface area contributed by atoms with Crippen molar-refractivity contribution >= 4 is 59.4 Å². The van der Waals surface area contributed by atoms with Gasteiger partial charge in [-0.05, 0) is 156 Å². The summed E-state index contributed by atoms with van der Waals surface area (Å²) in [5, 5.41) is 33.9. The van der Waals surface area contributed by atoms with E-state index in [9.17, 15) is 32.2 Å². The smallest absolute Gasteiger partial charge is 0.269 e. The van der Waals surface area contributed by atoms with Crippen molar-refractivity contribution in [3.8, 4) is 68.4 Å². The number of nitrogens with one attached hydrogen (secondary N) is 1. The number of nitrogens with zero attached hydrogens (tertiary/aromatic N) is 9. The molecule has 0 atom stereocenters. The molecule has 22 heteroatoms. The Morgan fingerprint density at radius 2 is 0.926 bits per heavy atom. The number of carbonyl (C=O) groups excluding carboxylic acids is 1. The van der Waals surface area contributed by atoms with Crippen molar-refractivity contribution in [2.45, 2.75) is 47.7 Å². The SMILES string of the molecule is N#Cc1cc(-c2ccnc3c2cc(-c2ccc(N4CCOCC4)cc2)n3S(=O)(=O)c2ccccc2)ccc1OC1CCN(C(=O)CO)CC1.N#Cc1cc(-c2ccnc3c2cc(-c2ccc(N4CCOCC4)cc2)n3S(=O)(=O)c2ccccc2)ccc1OC1CCNCC1. The molecule has 1 amide bonds. The van der Waals surface area contributed by atoms with Gasteiger partial charge < -0.3 is 44.1 Å². The van der Waals surface area contributed by atoms with Crippen LogP contribution in [0.5, 0.6) is 11.5 Å². The topological polar surface area (TPSA) is 247 Å². The number of hydrogen-bond donors (Lipinski definition) is 2. The van der Waals surface area contributed by atoms with Gasteiger partial charge in [0.2, 0.25) is 5.91 Å². The number of benzene rings is 6. The molecule has 20 nitrogen and oxygen atoms in total. The normalized spacial score (nSPS) is 15.8. The maximum atomic E-state index is 14.3. The number of ether oxygens (including phenoxy) is 4. The van der Waals surface area contributed by atoms with Crippen molar-refractivity contribution in [3.63, 3.8) is 0 Å². The summed E-state index contributed by atoms with van der Waals surface area (Å²) in [6, 6.07) is 55.4. The molecule has 0 unspecified atom stereocenters. The van der Waals surface area contributed by atoms with Gasteiger partial charge in [0.1, 0.15) is 42.5 Å². The monoisotopic (exact) mass is 1300 g/mol. The molecular weight excluding hydrogens is 1230 g/mol. The van der Waals surface area contributed by atoms with E-state index < -0.39 is 26.7 Å². The van der Waals surface area contributed by atoms with Gasteiger partial charge in [-0.25, -0.2) is 34.7 Å². The standard InChI is InChI=1S/C37H35N5O6S.C35H33N5O4S/c38-24-28-22-27(8-11-35(28)48-30-13-16-41(17-14-30)36(44)25-43)32-12-15-39-37-33(32)23-34(42(37)49(45,46)31-4-2-1-3-5-31)26-6-9-29(10-7-26)40-18-20-47-21-19-40;36-24-27-22-26(8-11-34(27)44-29-12-15-37-16-13-29)31-14-17-38-35-32(31)23-33(40(35)45(41,42)30-4-2-1-3-5-30)25-6-9-28(10-7-25)39-18-20-43-21-19-39/h1-12,15,22-23,30,43H,13-14,16-21,25H2;1-11,14,17,22-23,29,37H,12-13,15-16,18-21H2. The highest BCUT2D eigenvalue weighted by atomic mass is 32.2. The molecule has 4 aromatic heterocycles. The van der Waals surface area contributed by atoms with Gasteiger partial charge in [0, 0.05) is 86.7 Å². The molecular formula is C72H68N10O10S2. The number of amides is 1. The quantitative estimate of drug-likeness (QED) is 0.0969. The third kappa shape index (κ3) is 13.0. The number of hydrogen-bond acceptors (Lipinski definition) is 17. The van der Waals surface area contributed by atoms with Crippen LogP contribution in [0.1, 0.15) is 36.8 Å². The molecule has 6 aromatic carbocycles. The summed E-state index contributed by atoms with van der Waals surface area (Å²) in [5.41, 5.74) is 8.89. The zero-order valence-corrected chi connectivity index (χ0v) is 53.1. The fourth-order valence-corrected chi connectivity index (χ4v) is 15.6. The van der Waals surface area contributed by atoms with Crippen molar-refractivity contribution in [2.75, 3.05) is 95.2 Å². The summed E-state index contributed by atoms with van der Waals surface area (Å²) in [7, 11) is -8.08. The molecule has 0 aliphatic carbocycles. The van der Waals surface area contributed by atoms with Crippen molar-refractivity contribution in [1.82, 2.24) is 28.1 Å². The van der Waals surface area contributed by atoms with Gasteiger partial charge in [0.25, 0.3) is 20.0 Å². The predicted molar refractivity (Wildman–Crippen MR) is 359 cm³/mol. The van der Waals surface area contributed by atoms with E-state index in [0.29, 0.717) is 114 Å². The Morgan fingerprint density at radius 1 is 0.521 bits per heavy atom. The molecule has 4 aliphatic rings. The molecule has 4 saturated heterocycles. The zero-order chi connectivity index (χ0) is 64.8. The number of likely N-dealkylation sites (tertiary alicyclic amines) is 1. The number of aliphatic hydroxyl groups excluding tert-OH is 1. The average Bonchev–Trinajstić information content (AvgIpc) is 1.58. The number of pyridine rings is 2. The molecule has 0 radical (unpaired) electrons. The van der Waals surface area contributed by atoms with Crippen LogP contribution in [0.3, 0.4) is 0 Å². The number of fused-ring (bicyclic) bond motifs is 2. The van der Waals surface area contributed by atoms with Crippen LogP contribution in [-0.4, -0.2) is 148 Å². The number of aliphatic hydroxyl groups is 1. The molecule has 0 saturated carbocycles. The van der Waals surface area contributed by atoms with Crippen LogP contribution in [0, 0.1) is 22.7 Å². The highest BCUT2D eigenvalue weighted by Gasteiger charge is 2.30. The molecule has 4 aliphatic heterocycles. The lowest BCUT2D eigenvalue weighted by Crippen LogP contribution is -2.42. The Hall–Kier alpha value is -9.91. The summed E-state index contributed by atoms with van der Waals surface area (Å²) in [6.45, 7) is 8.07. The number of nitriles is 2. The van der Waals surface area contributed by atoms with Crippen LogP contribution in [0.2, 0.25) is 0 Å². The van der Waals surface area contributed by atoms with Crippen molar-refractivity contribution in [2.24, 2.45) is 0 Å². The van der Waals surface area contributed by atoms with Crippen LogP contribution >= 0.6 is 0 Å². The van der Waals surface area contributed by atoms with E-state index >= 15 is 0 Å². The molecule has 478 valence electrons. The lowest BCUT2D eigenvalue weighted by atomic mass is 10.0. The molecule has 10 aromatic rings. The number of anilines is 2. The number of piperidine rings is 2. The third-order valence-electron chi connectivity index (χ3n) is 17.6. The zero-order valence-electron chi connectivity index (χ0n) is 51.5. The van der Waals surface area contributed by atoms with Crippen molar-refractivity contribution < 1.29 is 45.7 Å². The molecule has 14 rings (SSSR count). The van der Waals surface area contributed by atoms with Gasteiger partial charge in [-0.15, -0.1) is 0 Å². The highest BCUT2D eigenvalue weighted by molar-refractivity contribution is 7.90. The van der Waals surface area contributed by atoms with E-state index in [2.05, 4.69) is 37.2 Å². The lowest BCUT2D eigenvalue weighted by Gasteiger charge is -2.32. The van der Waals surface area contributed by atoms with E-state index in [-0.39, 0.29) is 33.6 Å². The fraction of sp³-hybridized carbons (Fsp3) is 0.264. The Balaban J connectivity index is 0.000000171. The van der Waals surface area contributed by atoms with E-state index in [1.807, 2.05) is 97.1 Å². The van der Waals surface area contributed by atoms with Crippen molar-refractivity contribution in [1.29, 1.82) is 10.5 Å². The van der Waals surface area contributed by atoms with Gasteiger partial charge in [0.05, 0.1) is 58.7 Å². The van der Waals surface area contributed by atoms with Crippen LogP contribution in [0.25, 0.3) is 66.8 Å². The average molecular weight is 1300 g/mol. The second kappa shape index (κ2) is 27.7. The summed E-state index contributed by atoms with van der Waals surface area (Å²) < 4.78 is 83.1. The van der Waals surface area contributed by atoms with Gasteiger partial charge in [0.15, 0.2) is 11.3 Å². The van der Waals surface area contributed by atoms with Crippen LogP contribution in [0.15, 0.2) is 192 Å². The summed E-state index contributed by atoms with van der Waals surface area (Å²) >= 11 is 0. The Labute approximate surface area is 545 Å². The molecule has 0 bridgehead atoms. The van der Waals surface area contributed by atoms with Crippen LogP contribution < -0.4 is 24.6 Å². The largest absolute Gasteiger partial charge is 0.489 e. The second-order valence-corrected chi connectivity index (χ2v) is 26.9. The first-order valence-electron chi connectivity index (χ1n) is 31.4. The van der Waals surface area contributed by atoms with E-state index in [1.54, 1.807) is 90.1 Å². The first-order valence-corrected chi connectivity index (χ1v) is 34.3. The number of morpholine rings is 2. The number of carbonyl (C=O) groups is 1. The minimum absolute atomic E-state index is 0.0613. The first-order chi connectivity index (χ1) is 45.9. The fourth-order valence-electron chi connectivity index (χ4n) is 12.6. The van der Waals surface area contributed by atoms with Gasteiger partial charge in [-0.1, -0.05) is 72.8 Å². The second-order valence-electron chi connectivity index (χ2n) is 23.3. The summed E-state index contributed by atoms with van der Waals surface area (Å²) in [6.07, 6.45) is 6.03. The van der Waals surface area contributed by atoms with E-state index in [4.69, 9.17) is 24.1 Å². The van der Waals surface area contributed by atoms with Gasteiger partial charge >= 0.3 is 0 Å². The highest BCUT2D eigenvalue weighted by Crippen LogP contribution is 2.41. The van der Waals surface area contributed by atoms with Gasteiger partial charge in [-0.2, -0.15) is 10.5 Å². The summed E-state index contributed by atoms with van der Waals surface area (Å²) in [5.74, 6) is 0.695. The predicted octanol–water partition coefficient (Wildman–Crippen LogP) is 10.1. The number of aromatic nitrogens is 4. The maximum absolute atomic E-state index is 14.3. The first kappa shape index (κ1) is 62.9. The third-order valence-corrected chi connectivity index (χ3v) is 21.0. The van der Waals surface area contributed by atoms with E-state index in [1.165, 1.54) is 7.94 Å². The minimum Gasteiger partial charge on any atom is -0.489 e. The van der Waals surface area contributed by atoms with Crippen molar-refractivity contribution in [3.05, 3.63) is 193 Å².